The van der Waals surface area contributed by atoms with Crippen LogP contribution in [0, 0.1) is 0 Å². The third-order valence-electron chi connectivity index (χ3n) is 2.22. The second-order valence-corrected chi connectivity index (χ2v) is 4.75. The van der Waals surface area contributed by atoms with E-state index in [4.69, 9.17) is 10.2 Å². The van der Waals surface area contributed by atoms with E-state index >= 15 is 0 Å². The van der Waals surface area contributed by atoms with Crippen molar-refractivity contribution in [3.8, 4) is 0 Å². The number of aliphatic hydroxyl groups is 1. The van der Waals surface area contributed by atoms with E-state index in [9.17, 15) is 9.59 Å². The molecule has 0 spiro atoms. The van der Waals surface area contributed by atoms with E-state index in [2.05, 4.69) is 5.32 Å². The number of thioether (sulfide) groups is 1. The van der Waals surface area contributed by atoms with E-state index in [-0.39, 0.29) is 24.1 Å². The van der Waals surface area contributed by atoms with Gasteiger partial charge in [-0.25, -0.2) is 4.79 Å². The molecule has 6 heteroatoms. The molecule has 1 amide bonds. The number of carbonyl (C=O) groups excluding carboxylic acids is 1. The summed E-state index contributed by atoms with van der Waals surface area (Å²) in [6.45, 7) is 0.212. The fraction of sp³-hybridized carbons (Fsp3) is 0.778. The Balaban J connectivity index is 2.14. The van der Waals surface area contributed by atoms with Crippen molar-refractivity contribution in [1.29, 1.82) is 0 Å². The van der Waals surface area contributed by atoms with Crippen molar-refractivity contribution in [2.75, 3.05) is 12.3 Å². The summed E-state index contributed by atoms with van der Waals surface area (Å²) in [5, 5.41) is 20.0. The lowest BCUT2D eigenvalue weighted by molar-refractivity contribution is -0.147. The second-order valence-electron chi connectivity index (χ2n) is 3.44. The van der Waals surface area contributed by atoms with Crippen LogP contribution in [-0.2, 0) is 9.59 Å². The van der Waals surface area contributed by atoms with Gasteiger partial charge in [0.25, 0.3) is 0 Å². The lowest BCUT2D eigenvalue weighted by Gasteiger charge is -2.10. The predicted octanol–water partition coefficient (Wildman–Crippen LogP) is -0.166. The van der Waals surface area contributed by atoms with Crippen molar-refractivity contribution in [3.63, 3.8) is 0 Å². The molecule has 1 aliphatic rings. The highest BCUT2D eigenvalue weighted by Crippen LogP contribution is 2.25. The Kier molecular flexibility index (Phi) is 4.90. The maximum absolute atomic E-state index is 11.4. The Morgan fingerprint density at radius 1 is 1.53 bits per heavy atom. The summed E-state index contributed by atoms with van der Waals surface area (Å²) in [7, 11) is 0. The molecule has 0 saturated carbocycles. The van der Waals surface area contributed by atoms with E-state index in [0.717, 1.165) is 18.6 Å². The van der Waals surface area contributed by atoms with Crippen molar-refractivity contribution in [2.45, 2.75) is 30.6 Å². The Bertz CT molecular complexity index is 240. The van der Waals surface area contributed by atoms with E-state index in [1.165, 1.54) is 0 Å². The largest absolute Gasteiger partial charge is 0.479 e. The summed E-state index contributed by atoms with van der Waals surface area (Å²) in [4.78, 5) is 21.7. The summed E-state index contributed by atoms with van der Waals surface area (Å²) < 4.78 is 0. The third kappa shape index (κ3) is 4.09. The average molecular weight is 233 g/mol. The van der Waals surface area contributed by atoms with Crippen LogP contribution in [0.5, 0.6) is 0 Å². The minimum atomic E-state index is -1.39. The normalized spacial score (nSPS) is 22.3. The van der Waals surface area contributed by atoms with Crippen LogP contribution in [0.2, 0.25) is 0 Å². The van der Waals surface area contributed by atoms with Crippen LogP contribution in [0.1, 0.15) is 19.3 Å². The maximum atomic E-state index is 11.4. The van der Waals surface area contributed by atoms with Crippen molar-refractivity contribution in [3.05, 3.63) is 0 Å². The van der Waals surface area contributed by atoms with Gasteiger partial charge in [0.1, 0.15) is 0 Å². The number of carboxylic acid groups (broad SMARTS) is 1. The number of aliphatic carboxylic acids is 1. The predicted molar refractivity (Wildman–Crippen MR) is 56.7 cm³/mol. The first-order valence-electron chi connectivity index (χ1n) is 4.91. The highest BCUT2D eigenvalue weighted by molar-refractivity contribution is 8.00. The third-order valence-corrected chi connectivity index (χ3v) is 3.60. The molecule has 0 aromatic carbocycles. The van der Waals surface area contributed by atoms with Crippen molar-refractivity contribution < 1.29 is 19.8 Å². The fourth-order valence-electron chi connectivity index (χ4n) is 1.35. The number of aliphatic hydroxyl groups excluding tert-OH is 1. The summed E-state index contributed by atoms with van der Waals surface area (Å²) in [6, 6.07) is 0. The van der Waals surface area contributed by atoms with Crippen LogP contribution in [0.25, 0.3) is 0 Å². The molecule has 0 bridgehead atoms. The maximum Gasteiger partial charge on any atom is 0.332 e. The lowest BCUT2D eigenvalue weighted by atomic mass is 10.2. The molecular weight excluding hydrogens is 218 g/mol. The van der Waals surface area contributed by atoms with Gasteiger partial charge in [0, 0.05) is 13.0 Å². The molecule has 2 atom stereocenters. The van der Waals surface area contributed by atoms with E-state index in [1.54, 1.807) is 11.8 Å². The first-order valence-corrected chi connectivity index (χ1v) is 5.96. The SMILES string of the molecule is O=C(O)C(O)CCNC(=O)C1CCCS1. The molecule has 0 radical (unpaired) electrons. The van der Waals surface area contributed by atoms with Crippen molar-refractivity contribution >= 4 is 23.6 Å². The molecule has 15 heavy (non-hydrogen) atoms. The number of rotatable bonds is 5. The van der Waals surface area contributed by atoms with Crippen molar-refractivity contribution in [1.82, 2.24) is 5.32 Å². The molecule has 1 saturated heterocycles. The van der Waals surface area contributed by atoms with E-state index in [0.29, 0.717) is 0 Å². The molecule has 86 valence electrons. The minimum Gasteiger partial charge on any atom is -0.479 e. The highest BCUT2D eigenvalue weighted by Gasteiger charge is 2.23. The molecular formula is C9H15NO4S. The Labute approximate surface area is 92.2 Å². The van der Waals surface area contributed by atoms with Crippen molar-refractivity contribution in [2.24, 2.45) is 0 Å². The second kappa shape index (κ2) is 5.97. The first kappa shape index (κ1) is 12.3. The van der Waals surface area contributed by atoms with E-state index in [1.807, 2.05) is 0 Å². The molecule has 2 unspecified atom stereocenters. The molecule has 0 aromatic heterocycles. The molecule has 1 rings (SSSR count). The number of hydrogen-bond acceptors (Lipinski definition) is 4. The molecule has 1 heterocycles. The monoisotopic (exact) mass is 233 g/mol. The Morgan fingerprint density at radius 3 is 2.80 bits per heavy atom. The van der Waals surface area contributed by atoms with Gasteiger partial charge in [-0.2, -0.15) is 0 Å². The lowest BCUT2D eigenvalue weighted by Crippen LogP contribution is -2.34. The van der Waals surface area contributed by atoms with Gasteiger partial charge in [0.15, 0.2) is 6.10 Å². The van der Waals surface area contributed by atoms with Crippen LogP contribution in [0.3, 0.4) is 0 Å². The smallest absolute Gasteiger partial charge is 0.332 e. The molecule has 5 nitrogen and oxygen atoms in total. The topological polar surface area (TPSA) is 86.6 Å². The number of nitrogens with one attached hydrogen (secondary N) is 1. The molecule has 1 fully saturated rings. The average Bonchev–Trinajstić information content (AvgIpc) is 2.70. The Hall–Kier alpha value is -0.750. The summed E-state index contributed by atoms with van der Waals surface area (Å²) in [6.07, 6.45) is 0.610. The molecule has 3 N–H and O–H groups in total. The highest BCUT2D eigenvalue weighted by atomic mass is 32.2. The van der Waals surface area contributed by atoms with Crippen LogP contribution < -0.4 is 5.32 Å². The number of carboxylic acids is 1. The minimum absolute atomic E-state index is 0.00645. The van der Waals surface area contributed by atoms with Gasteiger partial charge in [-0.05, 0) is 18.6 Å². The van der Waals surface area contributed by atoms with Crippen LogP contribution in [0.4, 0.5) is 0 Å². The van der Waals surface area contributed by atoms with Gasteiger partial charge in [-0.1, -0.05) is 0 Å². The molecule has 0 aliphatic carbocycles. The van der Waals surface area contributed by atoms with Gasteiger partial charge in [0.05, 0.1) is 5.25 Å². The zero-order valence-corrected chi connectivity index (χ0v) is 9.13. The van der Waals surface area contributed by atoms with Crippen LogP contribution in [-0.4, -0.2) is 45.7 Å². The van der Waals surface area contributed by atoms with Gasteiger partial charge in [0.2, 0.25) is 5.91 Å². The first-order chi connectivity index (χ1) is 7.11. The standard InChI is InChI=1S/C9H15NO4S/c11-6(9(13)14)3-4-10-8(12)7-2-1-5-15-7/h6-7,11H,1-5H2,(H,10,12)(H,13,14). The van der Waals surface area contributed by atoms with Gasteiger partial charge < -0.3 is 15.5 Å². The number of carbonyl (C=O) groups is 2. The number of hydrogen-bond donors (Lipinski definition) is 3. The van der Waals surface area contributed by atoms with E-state index < -0.39 is 12.1 Å². The summed E-state index contributed by atoms with van der Waals surface area (Å²) in [5.74, 6) is -0.287. The van der Waals surface area contributed by atoms with Crippen LogP contribution >= 0.6 is 11.8 Å². The molecule has 0 aromatic rings. The summed E-state index contributed by atoms with van der Waals surface area (Å²) >= 11 is 1.62. The van der Waals surface area contributed by atoms with Gasteiger partial charge in [-0.3, -0.25) is 4.79 Å². The summed E-state index contributed by atoms with van der Waals surface area (Å²) in [5.41, 5.74) is 0. The van der Waals surface area contributed by atoms with Gasteiger partial charge in [-0.15, -0.1) is 11.8 Å². The zero-order chi connectivity index (χ0) is 11.3. The van der Waals surface area contributed by atoms with Gasteiger partial charge >= 0.3 is 5.97 Å². The zero-order valence-electron chi connectivity index (χ0n) is 8.31. The quantitative estimate of drug-likeness (QED) is 0.614. The Morgan fingerprint density at radius 2 is 2.27 bits per heavy atom. The molecule has 1 aliphatic heterocycles. The van der Waals surface area contributed by atoms with Crippen LogP contribution in [0.15, 0.2) is 0 Å². The number of amides is 1. The fourth-order valence-corrected chi connectivity index (χ4v) is 2.54.